The van der Waals surface area contributed by atoms with Gasteiger partial charge in [0.15, 0.2) is 18.1 Å². The Balaban J connectivity index is 1.34. The summed E-state index contributed by atoms with van der Waals surface area (Å²) in [5.41, 5.74) is 0.504. The standard InChI is InChI=1S/C24H25BrClN3O6/c1-2-34-16-10-15(11-27-29-23(31)18-13-3-4-14(9-13)19(18)24(29)32)20(25)21(26)22(16)35-12-17(30)28-5-7-33-8-6-28/h3-4,10-11,13-14,18-19H,2,5-9,12H2,1H3/t13-,14-,18-,19+/m0/s1. The zero-order chi connectivity index (χ0) is 24.7. The van der Waals surface area contributed by atoms with Crippen molar-refractivity contribution in [1.82, 2.24) is 9.91 Å². The van der Waals surface area contributed by atoms with Gasteiger partial charge >= 0.3 is 0 Å². The van der Waals surface area contributed by atoms with E-state index in [-0.39, 0.29) is 58.8 Å². The monoisotopic (exact) mass is 565 g/mol. The molecule has 0 radical (unpaired) electrons. The van der Waals surface area contributed by atoms with Gasteiger partial charge in [-0.15, -0.1) is 0 Å². The number of carbonyl (C=O) groups is 3. The summed E-state index contributed by atoms with van der Waals surface area (Å²) in [4.78, 5) is 40.0. The van der Waals surface area contributed by atoms with Crippen LogP contribution in [-0.2, 0) is 19.1 Å². The Morgan fingerprint density at radius 3 is 2.49 bits per heavy atom. The Labute approximate surface area is 216 Å². The number of nitrogens with zero attached hydrogens (tertiary/aromatic N) is 3. The number of fused-ring (bicyclic) bond motifs is 5. The zero-order valence-corrected chi connectivity index (χ0v) is 21.5. The fourth-order valence-corrected chi connectivity index (χ4v) is 5.91. The van der Waals surface area contributed by atoms with Crippen LogP contribution in [-0.4, -0.2) is 73.4 Å². The lowest BCUT2D eigenvalue weighted by Gasteiger charge is -2.27. The third kappa shape index (κ3) is 4.36. The lowest BCUT2D eigenvalue weighted by atomic mass is 9.85. The minimum Gasteiger partial charge on any atom is -0.490 e. The smallest absolute Gasteiger partial charge is 0.260 e. The lowest BCUT2D eigenvalue weighted by Crippen LogP contribution is -2.43. The van der Waals surface area contributed by atoms with Crippen LogP contribution in [0, 0.1) is 23.7 Å². The number of hydrogen-bond donors (Lipinski definition) is 0. The van der Waals surface area contributed by atoms with Crippen molar-refractivity contribution in [2.24, 2.45) is 28.8 Å². The SMILES string of the molecule is CCOc1cc(C=NN2C(=O)[C@@H]3[C@H](C2=O)[C@H]2C=C[C@H]3C2)c(Br)c(Cl)c1OCC(=O)N1CCOCC1. The summed E-state index contributed by atoms with van der Waals surface area (Å²) in [6.07, 6.45) is 6.35. The summed E-state index contributed by atoms with van der Waals surface area (Å²) < 4.78 is 17.2. The molecule has 3 fully saturated rings. The predicted molar refractivity (Wildman–Crippen MR) is 130 cm³/mol. The van der Waals surface area contributed by atoms with E-state index in [1.807, 2.05) is 19.1 Å². The number of benzene rings is 1. The van der Waals surface area contributed by atoms with Crippen LogP contribution in [0.5, 0.6) is 11.5 Å². The van der Waals surface area contributed by atoms with E-state index in [4.69, 9.17) is 25.8 Å². The molecule has 2 saturated heterocycles. The van der Waals surface area contributed by atoms with Crippen LogP contribution in [0.1, 0.15) is 18.9 Å². The van der Waals surface area contributed by atoms with Crippen LogP contribution in [0.3, 0.4) is 0 Å². The molecule has 2 heterocycles. The number of hydrogen-bond acceptors (Lipinski definition) is 7. The highest BCUT2D eigenvalue weighted by Crippen LogP contribution is 2.52. The molecule has 4 aliphatic rings. The minimum atomic E-state index is -0.319. The van der Waals surface area contributed by atoms with E-state index in [1.165, 1.54) is 6.21 Å². The number of hydrazone groups is 1. The number of carbonyl (C=O) groups excluding carboxylic acids is 3. The van der Waals surface area contributed by atoms with Crippen LogP contribution in [0.2, 0.25) is 5.02 Å². The molecule has 3 amide bonds. The third-order valence-electron chi connectivity index (χ3n) is 6.92. The molecule has 1 saturated carbocycles. The Morgan fingerprint density at radius 1 is 1.20 bits per heavy atom. The third-order valence-corrected chi connectivity index (χ3v) is 8.36. The van der Waals surface area contributed by atoms with Crippen molar-refractivity contribution in [3.8, 4) is 11.5 Å². The number of imide groups is 1. The Hall–Kier alpha value is -2.43. The van der Waals surface area contributed by atoms with Gasteiger partial charge in [-0.25, -0.2) is 0 Å². The first-order valence-electron chi connectivity index (χ1n) is 11.6. The molecule has 35 heavy (non-hydrogen) atoms. The van der Waals surface area contributed by atoms with Crippen LogP contribution >= 0.6 is 27.5 Å². The molecule has 0 aromatic heterocycles. The van der Waals surface area contributed by atoms with Crippen LogP contribution in [0.15, 0.2) is 27.8 Å². The van der Waals surface area contributed by atoms with E-state index in [0.717, 1.165) is 11.4 Å². The molecule has 4 atom stereocenters. The molecular formula is C24H25BrClN3O6. The van der Waals surface area contributed by atoms with E-state index in [2.05, 4.69) is 21.0 Å². The first-order valence-corrected chi connectivity index (χ1v) is 12.8. The molecule has 186 valence electrons. The van der Waals surface area contributed by atoms with Crippen molar-refractivity contribution >= 4 is 51.5 Å². The van der Waals surface area contributed by atoms with E-state index in [9.17, 15) is 14.4 Å². The average Bonchev–Trinajstić information content (AvgIpc) is 3.55. The predicted octanol–water partition coefficient (Wildman–Crippen LogP) is 2.88. The van der Waals surface area contributed by atoms with Crippen LogP contribution in [0.4, 0.5) is 0 Å². The summed E-state index contributed by atoms with van der Waals surface area (Å²) in [6.45, 7) is 3.98. The van der Waals surface area contributed by atoms with Crippen molar-refractivity contribution in [1.29, 1.82) is 0 Å². The van der Waals surface area contributed by atoms with Crippen molar-refractivity contribution < 1.29 is 28.6 Å². The van der Waals surface area contributed by atoms with Crippen molar-refractivity contribution in [3.63, 3.8) is 0 Å². The molecular weight excluding hydrogens is 542 g/mol. The van der Waals surface area contributed by atoms with Gasteiger partial charge in [0.1, 0.15) is 5.02 Å². The first-order chi connectivity index (χ1) is 16.9. The topological polar surface area (TPSA) is 97.7 Å². The van der Waals surface area contributed by atoms with Gasteiger partial charge in [-0.1, -0.05) is 23.8 Å². The van der Waals surface area contributed by atoms with Gasteiger partial charge in [0.2, 0.25) is 0 Å². The normalized spacial score (nSPS) is 27.3. The Morgan fingerprint density at radius 2 is 1.86 bits per heavy atom. The largest absolute Gasteiger partial charge is 0.490 e. The van der Waals surface area contributed by atoms with Gasteiger partial charge in [-0.05, 0) is 47.2 Å². The van der Waals surface area contributed by atoms with Crippen molar-refractivity contribution in [2.45, 2.75) is 13.3 Å². The second-order valence-corrected chi connectivity index (χ2v) is 10.0. The fraction of sp³-hybridized carbons (Fsp3) is 0.500. The summed E-state index contributed by atoms with van der Waals surface area (Å²) in [6, 6.07) is 1.65. The maximum absolute atomic E-state index is 12.9. The second-order valence-electron chi connectivity index (χ2n) is 8.87. The van der Waals surface area contributed by atoms with E-state index in [0.29, 0.717) is 48.7 Å². The summed E-state index contributed by atoms with van der Waals surface area (Å²) >= 11 is 10.0. The summed E-state index contributed by atoms with van der Waals surface area (Å²) in [5.74, 6) is -0.550. The van der Waals surface area contributed by atoms with E-state index >= 15 is 0 Å². The van der Waals surface area contributed by atoms with Gasteiger partial charge in [0.05, 0.1) is 37.9 Å². The molecule has 1 aromatic rings. The molecule has 5 rings (SSSR count). The van der Waals surface area contributed by atoms with Gasteiger partial charge in [-0.3, -0.25) is 14.4 Å². The molecule has 2 aliphatic heterocycles. The average molecular weight is 567 g/mol. The molecule has 0 N–H and O–H groups in total. The second kappa shape index (κ2) is 9.91. The lowest BCUT2D eigenvalue weighted by molar-refractivity contribution is -0.140. The summed E-state index contributed by atoms with van der Waals surface area (Å²) in [5, 5.41) is 5.41. The molecule has 0 unspecified atom stereocenters. The number of rotatable bonds is 7. The molecule has 1 aromatic carbocycles. The van der Waals surface area contributed by atoms with E-state index in [1.54, 1.807) is 11.0 Å². The number of morpholine rings is 1. The number of ether oxygens (including phenoxy) is 3. The van der Waals surface area contributed by atoms with Gasteiger partial charge in [0, 0.05) is 23.1 Å². The first kappa shape index (κ1) is 24.3. The minimum absolute atomic E-state index is 0.115. The number of halogens is 2. The Kier molecular flexibility index (Phi) is 6.87. The fourth-order valence-electron chi connectivity index (χ4n) is 5.25. The van der Waals surface area contributed by atoms with Crippen LogP contribution in [0.25, 0.3) is 0 Å². The molecule has 11 heteroatoms. The molecule has 2 aliphatic carbocycles. The van der Waals surface area contributed by atoms with Crippen molar-refractivity contribution in [3.05, 3.63) is 33.3 Å². The van der Waals surface area contributed by atoms with Gasteiger partial charge < -0.3 is 19.1 Å². The zero-order valence-electron chi connectivity index (χ0n) is 19.1. The highest BCUT2D eigenvalue weighted by Gasteiger charge is 2.59. The summed E-state index contributed by atoms with van der Waals surface area (Å²) in [7, 11) is 0. The Bertz CT molecular complexity index is 1090. The number of allylic oxidation sites excluding steroid dienone is 2. The quantitative estimate of drug-likeness (QED) is 0.286. The van der Waals surface area contributed by atoms with Gasteiger partial charge in [-0.2, -0.15) is 10.1 Å². The maximum Gasteiger partial charge on any atom is 0.260 e. The molecule has 2 bridgehead atoms. The molecule has 9 nitrogen and oxygen atoms in total. The van der Waals surface area contributed by atoms with Crippen LogP contribution < -0.4 is 9.47 Å². The maximum atomic E-state index is 12.9. The number of amides is 3. The highest BCUT2D eigenvalue weighted by molar-refractivity contribution is 9.10. The van der Waals surface area contributed by atoms with E-state index < -0.39 is 0 Å². The van der Waals surface area contributed by atoms with Gasteiger partial charge in [0.25, 0.3) is 17.7 Å². The molecule has 0 spiro atoms. The highest BCUT2D eigenvalue weighted by atomic mass is 79.9. The van der Waals surface area contributed by atoms with Crippen molar-refractivity contribution in [2.75, 3.05) is 39.5 Å².